The molecule has 7 heteroatoms. The van der Waals surface area contributed by atoms with Crippen LogP contribution in [0.25, 0.3) is 11.2 Å². The maximum Gasteiger partial charge on any atom is 0.307 e. The fraction of sp³-hybridized carbons (Fsp3) is 0.583. The molecule has 2 heterocycles. The number of anilines is 1. The van der Waals surface area contributed by atoms with Crippen molar-refractivity contribution < 1.29 is 9.53 Å². The molecule has 0 aliphatic rings. The second-order valence-electron chi connectivity index (χ2n) is 4.25. The summed E-state index contributed by atoms with van der Waals surface area (Å²) < 4.78 is 8.58. The Bertz CT molecular complexity index is 599. The van der Waals surface area contributed by atoms with E-state index in [1.165, 1.54) is 0 Å². The molecule has 0 aliphatic carbocycles. The summed E-state index contributed by atoms with van der Waals surface area (Å²) in [6.07, 6.45) is 0.275. The highest BCUT2D eigenvalue weighted by molar-refractivity contribution is 5.78. The molecule has 2 aromatic rings. The van der Waals surface area contributed by atoms with E-state index in [9.17, 15) is 4.79 Å². The van der Waals surface area contributed by atoms with E-state index >= 15 is 0 Å². The first-order valence-electron chi connectivity index (χ1n) is 6.43. The van der Waals surface area contributed by atoms with Crippen LogP contribution in [-0.2, 0) is 22.6 Å². The Labute approximate surface area is 111 Å². The Morgan fingerprint density at radius 1 is 1.42 bits per heavy atom. The molecule has 2 aromatic heterocycles. The number of aryl methyl sites for hydroxylation is 3. The van der Waals surface area contributed by atoms with E-state index in [1.807, 2.05) is 23.1 Å². The first kappa shape index (κ1) is 13.4. The summed E-state index contributed by atoms with van der Waals surface area (Å²) in [4.78, 5) is 15.7. The molecule has 0 aromatic carbocycles. The van der Waals surface area contributed by atoms with Gasteiger partial charge in [-0.05, 0) is 20.8 Å². The zero-order valence-corrected chi connectivity index (χ0v) is 11.5. The van der Waals surface area contributed by atoms with Crippen LogP contribution in [0.15, 0.2) is 0 Å². The third-order valence-electron chi connectivity index (χ3n) is 2.97. The van der Waals surface area contributed by atoms with Crippen LogP contribution < -0.4 is 5.73 Å². The van der Waals surface area contributed by atoms with Crippen LogP contribution in [0.4, 0.5) is 5.95 Å². The minimum absolute atomic E-state index is 0.233. The first-order chi connectivity index (χ1) is 9.08. The quantitative estimate of drug-likeness (QED) is 0.818. The van der Waals surface area contributed by atoms with Crippen molar-refractivity contribution in [2.45, 2.75) is 40.3 Å². The second kappa shape index (κ2) is 5.29. The standard InChI is InChI=1S/C12H19N5O2/c1-4-17-11-10(8(3)15-17)14-12(13)16(11)7-6-9(18)19-5-2/h4-7H2,1-3H3,(H2,13,14). The zero-order valence-electron chi connectivity index (χ0n) is 11.5. The predicted octanol–water partition coefficient (Wildman–Crippen LogP) is 1.10. The number of hydrogen-bond donors (Lipinski definition) is 1. The summed E-state index contributed by atoms with van der Waals surface area (Å²) in [5, 5.41) is 4.40. The summed E-state index contributed by atoms with van der Waals surface area (Å²) in [5.41, 5.74) is 8.41. The van der Waals surface area contributed by atoms with Crippen molar-refractivity contribution >= 4 is 23.1 Å². The van der Waals surface area contributed by atoms with Crippen LogP contribution in [-0.4, -0.2) is 31.9 Å². The van der Waals surface area contributed by atoms with Gasteiger partial charge in [-0.25, -0.2) is 9.67 Å². The molecular formula is C12H19N5O2. The molecule has 104 valence electrons. The minimum Gasteiger partial charge on any atom is -0.466 e. The predicted molar refractivity (Wildman–Crippen MR) is 71.6 cm³/mol. The number of aromatic nitrogens is 4. The van der Waals surface area contributed by atoms with Crippen molar-refractivity contribution in [1.82, 2.24) is 19.3 Å². The number of nitrogens with two attached hydrogens (primary N) is 1. The molecular weight excluding hydrogens is 246 g/mol. The van der Waals surface area contributed by atoms with Gasteiger partial charge in [0.15, 0.2) is 5.65 Å². The number of esters is 1. The molecule has 0 radical (unpaired) electrons. The Morgan fingerprint density at radius 3 is 2.79 bits per heavy atom. The number of nitrogen functional groups attached to an aromatic ring is 1. The van der Waals surface area contributed by atoms with Crippen LogP contribution in [0.2, 0.25) is 0 Å². The fourth-order valence-electron chi connectivity index (χ4n) is 2.12. The van der Waals surface area contributed by atoms with Gasteiger partial charge in [-0.1, -0.05) is 0 Å². The van der Waals surface area contributed by atoms with Crippen molar-refractivity contribution in [3.63, 3.8) is 0 Å². The summed E-state index contributed by atoms with van der Waals surface area (Å²) >= 11 is 0. The molecule has 0 atom stereocenters. The van der Waals surface area contributed by atoms with Gasteiger partial charge in [0.05, 0.1) is 18.7 Å². The normalized spacial score (nSPS) is 11.1. The van der Waals surface area contributed by atoms with Gasteiger partial charge in [-0.3, -0.25) is 9.36 Å². The van der Waals surface area contributed by atoms with E-state index in [4.69, 9.17) is 10.5 Å². The third-order valence-corrected chi connectivity index (χ3v) is 2.97. The topological polar surface area (TPSA) is 88.0 Å². The van der Waals surface area contributed by atoms with E-state index in [-0.39, 0.29) is 12.4 Å². The lowest BCUT2D eigenvalue weighted by Crippen LogP contribution is -2.13. The third kappa shape index (κ3) is 2.40. The van der Waals surface area contributed by atoms with Crippen LogP contribution in [0, 0.1) is 6.92 Å². The average Bonchev–Trinajstić information content (AvgIpc) is 2.85. The number of carbonyl (C=O) groups excluding carboxylic acids is 1. The van der Waals surface area contributed by atoms with Gasteiger partial charge in [0.25, 0.3) is 0 Å². The highest BCUT2D eigenvalue weighted by atomic mass is 16.5. The molecule has 0 spiro atoms. The Kier molecular flexibility index (Phi) is 3.73. The molecule has 0 bridgehead atoms. The first-order valence-corrected chi connectivity index (χ1v) is 6.43. The maximum atomic E-state index is 11.4. The van der Waals surface area contributed by atoms with E-state index in [2.05, 4.69) is 10.1 Å². The van der Waals surface area contributed by atoms with E-state index in [0.29, 0.717) is 19.1 Å². The summed E-state index contributed by atoms with van der Waals surface area (Å²) in [6, 6.07) is 0. The number of hydrogen-bond acceptors (Lipinski definition) is 5. The fourth-order valence-corrected chi connectivity index (χ4v) is 2.12. The van der Waals surface area contributed by atoms with Crippen molar-refractivity contribution in [3.8, 4) is 0 Å². The largest absolute Gasteiger partial charge is 0.466 e. The molecule has 0 saturated heterocycles. The molecule has 0 amide bonds. The van der Waals surface area contributed by atoms with E-state index < -0.39 is 0 Å². The van der Waals surface area contributed by atoms with Crippen LogP contribution in [0.3, 0.4) is 0 Å². The van der Waals surface area contributed by atoms with Gasteiger partial charge < -0.3 is 10.5 Å². The molecule has 19 heavy (non-hydrogen) atoms. The van der Waals surface area contributed by atoms with Gasteiger partial charge in [-0.15, -0.1) is 0 Å². The second-order valence-corrected chi connectivity index (χ2v) is 4.25. The van der Waals surface area contributed by atoms with Crippen molar-refractivity contribution in [1.29, 1.82) is 0 Å². The van der Waals surface area contributed by atoms with Crippen molar-refractivity contribution in [2.24, 2.45) is 0 Å². The van der Waals surface area contributed by atoms with E-state index in [0.717, 1.165) is 23.4 Å². The number of fused-ring (bicyclic) bond motifs is 1. The summed E-state index contributed by atoms with van der Waals surface area (Å²) in [7, 11) is 0. The summed E-state index contributed by atoms with van der Waals surface area (Å²) in [6.45, 7) is 7.26. The van der Waals surface area contributed by atoms with Crippen LogP contribution in [0.1, 0.15) is 26.0 Å². The van der Waals surface area contributed by atoms with Gasteiger partial charge in [0, 0.05) is 13.1 Å². The number of imidazole rings is 1. The summed E-state index contributed by atoms with van der Waals surface area (Å²) in [5.74, 6) is 0.171. The molecule has 0 saturated carbocycles. The number of nitrogens with zero attached hydrogens (tertiary/aromatic N) is 4. The lowest BCUT2D eigenvalue weighted by molar-refractivity contribution is -0.143. The molecule has 2 N–H and O–H groups in total. The van der Waals surface area contributed by atoms with Crippen LogP contribution in [0.5, 0.6) is 0 Å². The minimum atomic E-state index is -0.233. The lowest BCUT2D eigenvalue weighted by Gasteiger charge is -2.07. The zero-order chi connectivity index (χ0) is 14.0. The number of ether oxygens (including phenoxy) is 1. The Hall–Kier alpha value is -2.05. The number of carbonyl (C=O) groups is 1. The highest BCUT2D eigenvalue weighted by Crippen LogP contribution is 2.21. The molecule has 0 aliphatic heterocycles. The lowest BCUT2D eigenvalue weighted by atomic mass is 10.4. The van der Waals surface area contributed by atoms with Crippen molar-refractivity contribution in [2.75, 3.05) is 12.3 Å². The molecule has 7 nitrogen and oxygen atoms in total. The Morgan fingerprint density at radius 2 is 2.16 bits per heavy atom. The van der Waals surface area contributed by atoms with E-state index in [1.54, 1.807) is 6.92 Å². The molecule has 0 unspecified atom stereocenters. The smallest absolute Gasteiger partial charge is 0.307 e. The molecule has 2 rings (SSSR count). The highest BCUT2D eigenvalue weighted by Gasteiger charge is 2.17. The van der Waals surface area contributed by atoms with Gasteiger partial charge in [-0.2, -0.15) is 5.10 Å². The monoisotopic (exact) mass is 265 g/mol. The SMILES string of the molecule is CCOC(=O)CCn1c(N)nc2c(C)nn(CC)c21. The Balaban J connectivity index is 2.31. The maximum absolute atomic E-state index is 11.4. The number of rotatable bonds is 5. The van der Waals surface area contributed by atoms with Gasteiger partial charge >= 0.3 is 5.97 Å². The molecule has 0 fully saturated rings. The van der Waals surface area contributed by atoms with Gasteiger partial charge in [0.1, 0.15) is 5.52 Å². The van der Waals surface area contributed by atoms with Gasteiger partial charge in [0.2, 0.25) is 5.95 Å². The van der Waals surface area contributed by atoms with Crippen LogP contribution >= 0.6 is 0 Å². The van der Waals surface area contributed by atoms with Crippen molar-refractivity contribution in [3.05, 3.63) is 5.69 Å². The average molecular weight is 265 g/mol.